The molecule has 256 valence electrons. The normalized spacial score (nSPS) is 12.3. The first kappa shape index (κ1) is 43.5. The van der Waals surface area contributed by atoms with Crippen molar-refractivity contribution in [2.75, 3.05) is 13.2 Å². The number of aliphatic carboxylic acids is 2. The Balaban J connectivity index is 0. The molecule has 0 spiro atoms. The fourth-order valence-corrected chi connectivity index (χ4v) is 5.04. The van der Waals surface area contributed by atoms with Crippen LogP contribution in [0.25, 0.3) is 0 Å². The highest BCUT2D eigenvalue weighted by Gasteiger charge is 2.18. The number of carboxylic acids is 2. The first-order chi connectivity index (χ1) is 20.8. The maximum absolute atomic E-state index is 11.9. The third kappa shape index (κ3) is 36.4. The van der Waals surface area contributed by atoms with Gasteiger partial charge >= 0.3 is 17.9 Å². The van der Waals surface area contributed by atoms with Gasteiger partial charge in [0.1, 0.15) is 12.7 Å². The van der Waals surface area contributed by atoms with Gasteiger partial charge < -0.3 is 25.2 Å². The molecule has 0 saturated carbocycles. The highest BCUT2D eigenvalue weighted by Crippen LogP contribution is 2.18. The van der Waals surface area contributed by atoms with E-state index in [9.17, 15) is 19.5 Å². The summed E-state index contributed by atoms with van der Waals surface area (Å²) in [5, 5.41) is 35.0. The van der Waals surface area contributed by atoms with Crippen molar-refractivity contribution in [1.29, 1.82) is 0 Å². The molecule has 8 nitrogen and oxygen atoms in total. The van der Waals surface area contributed by atoms with Gasteiger partial charge in [-0.1, -0.05) is 142 Å². The van der Waals surface area contributed by atoms with Crippen molar-refractivity contribution in [3.8, 4) is 0 Å². The zero-order chi connectivity index (χ0) is 32.4. The van der Waals surface area contributed by atoms with E-state index in [1.807, 2.05) is 6.92 Å². The Kier molecular flexibility index (Phi) is 35.2. The molecular formula is C35H68O8. The summed E-state index contributed by atoms with van der Waals surface area (Å²) in [4.78, 5) is 32.6. The fraction of sp³-hybridized carbons (Fsp3) is 0.914. The zero-order valence-electron chi connectivity index (χ0n) is 27.9. The van der Waals surface area contributed by atoms with E-state index < -0.39 is 24.6 Å². The molecule has 0 aliphatic rings. The Morgan fingerprint density at radius 3 is 1.23 bits per heavy atom. The van der Waals surface area contributed by atoms with Crippen LogP contribution in [-0.2, 0) is 19.1 Å². The molecule has 0 amide bonds. The molecular weight excluding hydrogens is 548 g/mol. The van der Waals surface area contributed by atoms with Crippen molar-refractivity contribution >= 4 is 17.9 Å². The molecule has 8 heteroatoms. The molecule has 2 atom stereocenters. The number of hydrogen-bond donors (Lipinski definition) is 4. The van der Waals surface area contributed by atoms with Crippen LogP contribution in [0.5, 0.6) is 0 Å². The second kappa shape index (κ2) is 34.8. The Hall–Kier alpha value is -1.67. The topological polar surface area (TPSA) is 141 Å². The van der Waals surface area contributed by atoms with Gasteiger partial charge in [0.25, 0.3) is 0 Å². The van der Waals surface area contributed by atoms with Gasteiger partial charge in [0, 0.05) is 12.8 Å². The molecule has 0 aromatic carbocycles. The van der Waals surface area contributed by atoms with Crippen LogP contribution in [0.2, 0.25) is 0 Å². The molecule has 0 aliphatic carbocycles. The van der Waals surface area contributed by atoms with Crippen molar-refractivity contribution in [2.24, 2.45) is 5.92 Å². The summed E-state index contributed by atoms with van der Waals surface area (Å²) in [7, 11) is 0. The zero-order valence-corrected chi connectivity index (χ0v) is 27.9. The number of ether oxygens (including phenoxy) is 1. The average molecular weight is 617 g/mol. The minimum Gasteiger partial charge on any atom is -0.481 e. The molecule has 0 aromatic heterocycles. The summed E-state index contributed by atoms with van der Waals surface area (Å²) < 4.78 is 5.05. The number of carboxylic acid groups (broad SMARTS) is 2. The van der Waals surface area contributed by atoms with E-state index >= 15 is 0 Å². The van der Waals surface area contributed by atoms with Gasteiger partial charge in [-0.05, 0) is 25.7 Å². The van der Waals surface area contributed by atoms with E-state index in [0.29, 0.717) is 12.8 Å². The lowest BCUT2D eigenvalue weighted by molar-refractivity contribution is -0.152. The molecule has 0 bridgehead atoms. The van der Waals surface area contributed by atoms with E-state index in [0.717, 1.165) is 57.8 Å². The lowest BCUT2D eigenvalue weighted by Crippen LogP contribution is -2.25. The quantitative estimate of drug-likeness (QED) is 0.0447. The number of carbonyl (C=O) groups is 3. The maximum Gasteiger partial charge on any atom is 0.309 e. The molecule has 0 fully saturated rings. The lowest BCUT2D eigenvalue weighted by Gasteiger charge is -2.15. The van der Waals surface area contributed by atoms with E-state index in [1.165, 1.54) is 96.3 Å². The summed E-state index contributed by atoms with van der Waals surface area (Å²) in [6, 6.07) is 0. The van der Waals surface area contributed by atoms with Crippen LogP contribution in [0.1, 0.15) is 181 Å². The highest BCUT2D eigenvalue weighted by molar-refractivity contribution is 5.72. The summed E-state index contributed by atoms with van der Waals surface area (Å²) >= 11 is 0. The maximum atomic E-state index is 11.9. The number of rotatable bonds is 31. The van der Waals surface area contributed by atoms with Crippen LogP contribution in [-0.4, -0.2) is 57.7 Å². The average Bonchev–Trinajstić information content (AvgIpc) is 2.98. The Bertz CT molecular complexity index is 625. The van der Waals surface area contributed by atoms with Gasteiger partial charge in [-0.2, -0.15) is 0 Å². The van der Waals surface area contributed by atoms with E-state index in [4.69, 9.17) is 20.1 Å². The number of carbonyl (C=O) groups excluding carboxylic acids is 1. The smallest absolute Gasteiger partial charge is 0.309 e. The number of esters is 1. The first-order valence-corrected chi connectivity index (χ1v) is 17.7. The Morgan fingerprint density at radius 2 is 0.907 bits per heavy atom. The number of aliphatic hydroxyl groups is 2. The molecule has 0 rings (SSSR count). The molecule has 0 radical (unpaired) electrons. The second-order valence-electron chi connectivity index (χ2n) is 12.1. The molecule has 2 unspecified atom stereocenters. The molecule has 0 aliphatic heterocycles. The van der Waals surface area contributed by atoms with Crippen LogP contribution in [0.3, 0.4) is 0 Å². The molecule has 0 aromatic rings. The third-order valence-corrected chi connectivity index (χ3v) is 7.89. The Morgan fingerprint density at radius 1 is 0.558 bits per heavy atom. The van der Waals surface area contributed by atoms with Crippen LogP contribution >= 0.6 is 0 Å². The Labute approximate surface area is 263 Å². The van der Waals surface area contributed by atoms with Gasteiger partial charge in [0.15, 0.2) is 0 Å². The SMILES string of the molecule is CCC(CCCCCCCCCCCCCCCC(=O)O)C(=O)OCC(O)CO.CCCCCCCCCCCC(=O)O. The number of hydrogen-bond acceptors (Lipinski definition) is 6. The summed E-state index contributed by atoms with van der Waals surface area (Å²) in [5.41, 5.74) is 0. The van der Waals surface area contributed by atoms with Crippen molar-refractivity contribution in [3.63, 3.8) is 0 Å². The second-order valence-corrected chi connectivity index (χ2v) is 12.1. The van der Waals surface area contributed by atoms with Crippen LogP contribution < -0.4 is 0 Å². The lowest BCUT2D eigenvalue weighted by atomic mass is 9.97. The summed E-state index contributed by atoms with van der Waals surface area (Å²) in [5.74, 6) is -1.72. The highest BCUT2D eigenvalue weighted by atomic mass is 16.5. The minimum atomic E-state index is -0.986. The molecule has 4 N–H and O–H groups in total. The van der Waals surface area contributed by atoms with E-state index in [1.54, 1.807) is 0 Å². The molecule has 43 heavy (non-hydrogen) atoms. The van der Waals surface area contributed by atoms with Gasteiger partial charge in [0.05, 0.1) is 12.5 Å². The predicted octanol–water partition coefficient (Wildman–Crippen LogP) is 8.84. The predicted molar refractivity (Wildman–Crippen MR) is 174 cm³/mol. The minimum absolute atomic E-state index is 0.106. The van der Waals surface area contributed by atoms with Gasteiger partial charge in [0.2, 0.25) is 0 Å². The monoisotopic (exact) mass is 616 g/mol. The molecule has 0 saturated heterocycles. The van der Waals surface area contributed by atoms with Gasteiger partial charge in [-0.25, -0.2) is 0 Å². The standard InChI is InChI=1S/C23H44O6.C12H24O2/c1-2-20(23(28)29-19-21(25)18-24)16-14-12-10-8-6-4-3-5-7-9-11-13-15-17-22(26)27;1-2-3-4-5-6-7-8-9-10-11-12(13)14/h20-21,24-25H,2-19H2,1H3,(H,26,27);2-11H2,1H3,(H,13,14). The van der Waals surface area contributed by atoms with Crippen LogP contribution in [0.15, 0.2) is 0 Å². The third-order valence-electron chi connectivity index (χ3n) is 7.89. The van der Waals surface area contributed by atoms with Gasteiger partial charge in [-0.3, -0.25) is 14.4 Å². The van der Waals surface area contributed by atoms with Crippen LogP contribution in [0.4, 0.5) is 0 Å². The summed E-state index contributed by atoms with van der Waals surface area (Å²) in [6.45, 7) is 3.69. The van der Waals surface area contributed by atoms with Crippen molar-refractivity contribution in [1.82, 2.24) is 0 Å². The van der Waals surface area contributed by atoms with Crippen molar-refractivity contribution in [2.45, 2.75) is 187 Å². The molecule has 0 heterocycles. The largest absolute Gasteiger partial charge is 0.481 e. The number of unbranched alkanes of at least 4 members (excludes halogenated alkanes) is 20. The van der Waals surface area contributed by atoms with Crippen molar-refractivity contribution in [3.05, 3.63) is 0 Å². The fourth-order valence-electron chi connectivity index (χ4n) is 5.04. The van der Waals surface area contributed by atoms with Crippen molar-refractivity contribution < 1.29 is 39.5 Å². The van der Waals surface area contributed by atoms with E-state index in [-0.39, 0.29) is 18.5 Å². The van der Waals surface area contributed by atoms with Crippen LogP contribution in [0, 0.1) is 5.92 Å². The summed E-state index contributed by atoms with van der Waals surface area (Å²) in [6.07, 6.45) is 27.6. The van der Waals surface area contributed by atoms with E-state index in [2.05, 4.69) is 6.92 Å². The number of aliphatic hydroxyl groups excluding tert-OH is 2. The van der Waals surface area contributed by atoms with Gasteiger partial charge in [-0.15, -0.1) is 0 Å². The first-order valence-electron chi connectivity index (χ1n) is 17.7.